The number of halogens is 1. The zero-order valence-corrected chi connectivity index (χ0v) is 12.0. The van der Waals surface area contributed by atoms with Crippen LogP contribution >= 0.6 is 0 Å². The van der Waals surface area contributed by atoms with Crippen LogP contribution < -0.4 is 5.32 Å². The number of hydrogen-bond acceptors (Lipinski definition) is 4. The number of aromatic nitrogens is 2. The fourth-order valence-electron chi connectivity index (χ4n) is 2.25. The number of oxime groups is 1. The van der Waals surface area contributed by atoms with Crippen LogP contribution in [0.1, 0.15) is 18.9 Å². The Morgan fingerprint density at radius 3 is 3.09 bits per heavy atom. The molecule has 2 aromatic rings. The van der Waals surface area contributed by atoms with Crippen molar-refractivity contribution in [2.45, 2.75) is 19.4 Å². The topological polar surface area (TPSA) is 68.5 Å². The van der Waals surface area contributed by atoms with E-state index in [0.717, 1.165) is 0 Å². The average Bonchev–Trinajstić information content (AvgIpc) is 3.16. The summed E-state index contributed by atoms with van der Waals surface area (Å²) in [6, 6.07) is 6.58. The van der Waals surface area contributed by atoms with Crippen LogP contribution in [0.15, 0.2) is 41.8 Å². The number of benzene rings is 1. The van der Waals surface area contributed by atoms with Crippen molar-refractivity contribution in [2.24, 2.45) is 5.16 Å². The van der Waals surface area contributed by atoms with Crippen molar-refractivity contribution in [3.8, 4) is 5.69 Å². The maximum atomic E-state index is 14.2. The van der Waals surface area contributed by atoms with Crippen LogP contribution in [0.2, 0.25) is 0 Å². The molecule has 1 aliphatic heterocycles. The molecule has 6 nitrogen and oxygen atoms in total. The lowest BCUT2D eigenvalue weighted by Crippen LogP contribution is -2.30. The van der Waals surface area contributed by atoms with Crippen molar-refractivity contribution in [2.75, 3.05) is 6.54 Å². The lowest BCUT2D eigenvalue weighted by Gasteiger charge is -2.08. The second-order valence-electron chi connectivity index (χ2n) is 5.02. The van der Waals surface area contributed by atoms with Gasteiger partial charge in [0.05, 0.1) is 12.3 Å². The molecule has 2 heterocycles. The van der Waals surface area contributed by atoms with Crippen LogP contribution in [0.25, 0.3) is 5.69 Å². The average molecular weight is 302 g/mol. The zero-order valence-electron chi connectivity index (χ0n) is 12.0. The molecule has 0 saturated heterocycles. The largest absolute Gasteiger partial charge is 0.390 e. The molecule has 0 fully saturated rings. The SMILES string of the molecule is CC(=O)NC[C@H]1CC(c2ccc(-n3cccn3)c(F)c2)=NO1. The lowest BCUT2D eigenvalue weighted by molar-refractivity contribution is -0.119. The molecular formula is C15H15FN4O2. The zero-order chi connectivity index (χ0) is 15.5. The summed E-state index contributed by atoms with van der Waals surface area (Å²) >= 11 is 0. The highest BCUT2D eigenvalue weighted by atomic mass is 19.1. The summed E-state index contributed by atoms with van der Waals surface area (Å²) in [4.78, 5) is 16.1. The Morgan fingerprint density at radius 2 is 2.41 bits per heavy atom. The molecule has 0 unspecified atom stereocenters. The summed E-state index contributed by atoms with van der Waals surface area (Å²) < 4.78 is 15.7. The Balaban J connectivity index is 1.71. The molecule has 0 radical (unpaired) electrons. The molecule has 1 aromatic heterocycles. The summed E-state index contributed by atoms with van der Waals surface area (Å²) in [6.07, 6.45) is 3.58. The maximum absolute atomic E-state index is 14.2. The molecule has 1 aromatic carbocycles. The minimum Gasteiger partial charge on any atom is -0.390 e. The van der Waals surface area contributed by atoms with E-state index in [1.165, 1.54) is 17.7 Å². The van der Waals surface area contributed by atoms with E-state index < -0.39 is 0 Å². The van der Waals surface area contributed by atoms with Crippen LogP contribution in [0.4, 0.5) is 4.39 Å². The summed E-state index contributed by atoms with van der Waals surface area (Å²) in [6.45, 7) is 1.83. The Labute approximate surface area is 126 Å². The molecule has 22 heavy (non-hydrogen) atoms. The highest BCUT2D eigenvalue weighted by molar-refractivity contribution is 6.01. The standard InChI is InChI=1S/C15H15FN4O2/c1-10(21)17-9-12-8-14(19-22-12)11-3-4-15(13(16)7-11)20-6-2-5-18-20/h2-7,12H,8-9H2,1H3,(H,17,21)/t12-/m1/s1. The number of hydrogen-bond donors (Lipinski definition) is 1. The molecule has 114 valence electrons. The van der Waals surface area contributed by atoms with Gasteiger partial charge in [-0.2, -0.15) is 5.10 Å². The lowest BCUT2D eigenvalue weighted by atomic mass is 10.0. The Morgan fingerprint density at radius 1 is 1.55 bits per heavy atom. The predicted molar refractivity (Wildman–Crippen MR) is 78.2 cm³/mol. The van der Waals surface area contributed by atoms with Gasteiger partial charge in [-0.3, -0.25) is 4.79 Å². The third-order valence-corrected chi connectivity index (χ3v) is 3.34. The van der Waals surface area contributed by atoms with Crippen LogP contribution in [-0.4, -0.2) is 34.0 Å². The van der Waals surface area contributed by atoms with Gasteiger partial charge in [0.2, 0.25) is 5.91 Å². The molecule has 1 aliphatic rings. The van der Waals surface area contributed by atoms with Gasteiger partial charge in [-0.25, -0.2) is 9.07 Å². The first-order chi connectivity index (χ1) is 10.6. The number of carbonyl (C=O) groups is 1. The quantitative estimate of drug-likeness (QED) is 0.933. The van der Waals surface area contributed by atoms with Gasteiger partial charge >= 0.3 is 0 Å². The normalized spacial score (nSPS) is 17.0. The number of nitrogens with one attached hydrogen (secondary N) is 1. The predicted octanol–water partition coefficient (Wildman–Crippen LogP) is 1.64. The Kier molecular flexibility index (Phi) is 3.86. The van der Waals surface area contributed by atoms with E-state index in [1.807, 2.05) is 0 Å². The highest BCUT2D eigenvalue weighted by Gasteiger charge is 2.23. The van der Waals surface area contributed by atoms with Crippen molar-refractivity contribution in [1.82, 2.24) is 15.1 Å². The van der Waals surface area contributed by atoms with Crippen LogP contribution in [0.5, 0.6) is 0 Å². The molecule has 1 atom stereocenters. The van der Waals surface area contributed by atoms with Crippen LogP contribution in [-0.2, 0) is 9.63 Å². The molecule has 1 amide bonds. The third kappa shape index (κ3) is 2.98. The molecule has 0 spiro atoms. The monoisotopic (exact) mass is 302 g/mol. The fourth-order valence-corrected chi connectivity index (χ4v) is 2.25. The van der Waals surface area contributed by atoms with Gasteiger partial charge in [0.15, 0.2) is 0 Å². The van der Waals surface area contributed by atoms with Crippen molar-refractivity contribution < 1.29 is 14.0 Å². The number of nitrogens with zero attached hydrogens (tertiary/aromatic N) is 3. The molecule has 3 rings (SSSR count). The molecular weight excluding hydrogens is 287 g/mol. The van der Waals surface area contributed by atoms with E-state index in [0.29, 0.717) is 29.9 Å². The van der Waals surface area contributed by atoms with Crippen molar-refractivity contribution >= 4 is 11.6 Å². The van der Waals surface area contributed by atoms with E-state index in [4.69, 9.17) is 4.84 Å². The molecule has 0 aliphatic carbocycles. The van der Waals surface area contributed by atoms with Crippen LogP contribution in [0.3, 0.4) is 0 Å². The highest BCUT2D eigenvalue weighted by Crippen LogP contribution is 2.20. The van der Waals surface area contributed by atoms with E-state index in [9.17, 15) is 9.18 Å². The minimum absolute atomic E-state index is 0.119. The van der Waals surface area contributed by atoms with E-state index in [-0.39, 0.29) is 17.8 Å². The molecule has 1 N–H and O–H groups in total. The van der Waals surface area contributed by atoms with Crippen molar-refractivity contribution in [3.05, 3.63) is 48.0 Å². The third-order valence-electron chi connectivity index (χ3n) is 3.34. The van der Waals surface area contributed by atoms with Crippen LogP contribution in [0, 0.1) is 5.82 Å². The molecule has 0 bridgehead atoms. The summed E-state index contributed by atoms with van der Waals surface area (Å²) in [5.41, 5.74) is 1.71. The van der Waals surface area contributed by atoms with Gasteiger partial charge in [-0.15, -0.1) is 0 Å². The first-order valence-corrected chi connectivity index (χ1v) is 6.90. The van der Waals surface area contributed by atoms with E-state index in [1.54, 1.807) is 30.6 Å². The van der Waals surface area contributed by atoms with Gasteiger partial charge in [0.1, 0.15) is 17.6 Å². The van der Waals surface area contributed by atoms with Gasteiger partial charge in [0, 0.05) is 31.3 Å². The minimum atomic E-state index is -0.380. The van der Waals surface area contributed by atoms with Crippen molar-refractivity contribution in [3.63, 3.8) is 0 Å². The molecule has 7 heteroatoms. The molecule has 0 saturated carbocycles. The van der Waals surface area contributed by atoms with E-state index >= 15 is 0 Å². The van der Waals surface area contributed by atoms with Crippen molar-refractivity contribution in [1.29, 1.82) is 0 Å². The fraction of sp³-hybridized carbons (Fsp3) is 0.267. The second-order valence-corrected chi connectivity index (χ2v) is 5.02. The number of amides is 1. The first-order valence-electron chi connectivity index (χ1n) is 6.90. The second kappa shape index (κ2) is 5.97. The van der Waals surface area contributed by atoms with E-state index in [2.05, 4.69) is 15.6 Å². The smallest absolute Gasteiger partial charge is 0.217 e. The van der Waals surface area contributed by atoms with Gasteiger partial charge < -0.3 is 10.2 Å². The number of carbonyl (C=O) groups excluding carboxylic acids is 1. The van der Waals surface area contributed by atoms with Gasteiger partial charge in [0.25, 0.3) is 0 Å². The van der Waals surface area contributed by atoms with Gasteiger partial charge in [-0.05, 0) is 18.2 Å². The van der Waals surface area contributed by atoms with Gasteiger partial charge in [-0.1, -0.05) is 11.2 Å². The first kappa shape index (κ1) is 14.2. The Bertz CT molecular complexity index is 712. The Hall–Kier alpha value is -2.70. The summed E-state index contributed by atoms with van der Waals surface area (Å²) in [5.74, 6) is -0.499. The summed E-state index contributed by atoms with van der Waals surface area (Å²) in [7, 11) is 0. The summed E-state index contributed by atoms with van der Waals surface area (Å²) in [5, 5.41) is 10.7. The number of rotatable bonds is 4. The maximum Gasteiger partial charge on any atom is 0.217 e.